The van der Waals surface area contributed by atoms with Gasteiger partial charge in [-0.05, 0) is 30.4 Å². The van der Waals surface area contributed by atoms with Gasteiger partial charge in [0, 0.05) is 6.54 Å². The molecular formula is C17H25ClN2O2. The van der Waals surface area contributed by atoms with E-state index in [0.717, 1.165) is 6.42 Å². The standard InChI is InChI=1S/C17H25ClN2O2/c1-11(2)9-10-19-17(22)15(12(3)4)20-16(21)13-7-5-6-8-14(13)18/h5-8,11-12,15H,9-10H2,1-4H3,(H,19,22)(H,20,21). The average Bonchev–Trinajstić information content (AvgIpc) is 2.44. The second-order valence-corrected chi connectivity index (χ2v) is 6.56. The Hall–Kier alpha value is -1.55. The minimum absolute atomic E-state index is 0.00881. The molecule has 0 aromatic heterocycles. The molecule has 1 unspecified atom stereocenters. The molecule has 1 rings (SSSR count). The molecule has 0 fully saturated rings. The van der Waals surface area contributed by atoms with Crippen molar-refractivity contribution in [3.63, 3.8) is 0 Å². The highest BCUT2D eigenvalue weighted by atomic mass is 35.5. The van der Waals surface area contributed by atoms with Crippen LogP contribution in [0.25, 0.3) is 0 Å². The molecule has 1 atom stereocenters. The summed E-state index contributed by atoms with van der Waals surface area (Å²) in [6.07, 6.45) is 0.912. The summed E-state index contributed by atoms with van der Waals surface area (Å²) in [4.78, 5) is 24.6. The van der Waals surface area contributed by atoms with E-state index in [9.17, 15) is 9.59 Å². The fourth-order valence-electron chi connectivity index (χ4n) is 1.99. The van der Waals surface area contributed by atoms with Crippen LogP contribution in [-0.2, 0) is 4.79 Å². The van der Waals surface area contributed by atoms with E-state index in [4.69, 9.17) is 11.6 Å². The van der Waals surface area contributed by atoms with Crippen molar-refractivity contribution in [1.82, 2.24) is 10.6 Å². The maximum atomic E-state index is 12.3. The predicted molar refractivity (Wildman–Crippen MR) is 90.0 cm³/mol. The molecule has 0 heterocycles. The van der Waals surface area contributed by atoms with Gasteiger partial charge in [-0.25, -0.2) is 0 Å². The molecule has 122 valence electrons. The third-order valence-corrected chi connectivity index (χ3v) is 3.70. The minimum atomic E-state index is -0.573. The molecule has 0 aliphatic rings. The van der Waals surface area contributed by atoms with E-state index in [2.05, 4.69) is 24.5 Å². The summed E-state index contributed by atoms with van der Waals surface area (Å²) in [6, 6.07) is 6.23. The predicted octanol–water partition coefficient (Wildman–Crippen LogP) is 3.26. The summed E-state index contributed by atoms with van der Waals surface area (Å²) < 4.78 is 0. The lowest BCUT2D eigenvalue weighted by molar-refractivity contribution is -0.123. The quantitative estimate of drug-likeness (QED) is 0.808. The monoisotopic (exact) mass is 324 g/mol. The lowest BCUT2D eigenvalue weighted by atomic mass is 10.0. The number of halogens is 1. The molecule has 5 heteroatoms. The third-order valence-electron chi connectivity index (χ3n) is 3.38. The summed E-state index contributed by atoms with van der Waals surface area (Å²) in [5.41, 5.74) is 0.379. The second kappa shape index (κ2) is 8.79. The first-order valence-electron chi connectivity index (χ1n) is 7.66. The Kier molecular flexibility index (Phi) is 7.39. The van der Waals surface area contributed by atoms with E-state index < -0.39 is 6.04 Å². The van der Waals surface area contributed by atoms with Crippen molar-refractivity contribution >= 4 is 23.4 Å². The molecule has 2 N–H and O–H groups in total. The zero-order valence-electron chi connectivity index (χ0n) is 13.7. The highest BCUT2D eigenvalue weighted by Gasteiger charge is 2.25. The summed E-state index contributed by atoms with van der Waals surface area (Å²) in [6.45, 7) is 8.62. The van der Waals surface area contributed by atoms with Gasteiger partial charge in [0.05, 0.1) is 10.6 Å². The first-order valence-corrected chi connectivity index (χ1v) is 8.03. The molecule has 0 radical (unpaired) electrons. The molecule has 0 aliphatic heterocycles. The Labute approximate surface area is 137 Å². The van der Waals surface area contributed by atoms with Gasteiger partial charge in [-0.2, -0.15) is 0 Å². The van der Waals surface area contributed by atoms with E-state index in [1.807, 2.05) is 13.8 Å². The Bertz CT molecular complexity index is 515. The number of hydrogen-bond acceptors (Lipinski definition) is 2. The maximum absolute atomic E-state index is 12.3. The fraction of sp³-hybridized carbons (Fsp3) is 0.529. The van der Waals surface area contributed by atoms with Crippen LogP contribution in [0.4, 0.5) is 0 Å². The van der Waals surface area contributed by atoms with Crippen LogP contribution in [0.3, 0.4) is 0 Å². The summed E-state index contributed by atoms with van der Waals surface area (Å²) in [7, 11) is 0. The molecule has 0 saturated carbocycles. The molecule has 0 aliphatic carbocycles. The van der Waals surface area contributed by atoms with Gasteiger partial charge < -0.3 is 10.6 Å². The summed E-state index contributed by atoms with van der Waals surface area (Å²) in [5.74, 6) is 0.0281. The summed E-state index contributed by atoms with van der Waals surface area (Å²) >= 11 is 6.02. The van der Waals surface area contributed by atoms with Gasteiger partial charge in [0.15, 0.2) is 0 Å². The van der Waals surface area contributed by atoms with Crippen LogP contribution in [0.2, 0.25) is 5.02 Å². The molecular weight excluding hydrogens is 300 g/mol. The van der Waals surface area contributed by atoms with Crippen LogP contribution in [-0.4, -0.2) is 24.4 Å². The second-order valence-electron chi connectivity index (χ2n) is 6.15. The molecule has 0 saturated heterocycles. The number of carbonyl (C=O) groups excluding carboxylic acids is 2. The highest BCUT2D eigenvalue weighted by molar-refractivity contribution is 6.33. The third kappa shape index (κ3) is 5.68. The molecule has 1 aromatic carbocycles. The topological polar surface area (TPSA) is 58.2 Å². The van der Waals surface area contributed by atoms with Gasteiger partial charge in [0.2, 0.25) is 5.91 Å². The van der Waals surface area contributed by atoms with Gasteiger partial charge in [-0.1, -0.05) is 51.4 Å². The Morgan fingerprint density at radius 3 is 2.32 bits per heavy atom. The number of rotatable bonds is 7. The van der Waals surface area contributed by atoms with E-state index in [-0.39, 0.29) is 17.7 Å². The Morgan fingerprint density at radius 2 is 1.77 bits per heavy atom. The molecule has 1 aromatic rings. The van der Waals surface area contributed by atoms with Gasteiger partial charge in [0.1, 0.15) is 6.04 Å². The molecule has 4 nitrogen and oxygen atoms in total. The van der Waals surface area contributed by atoms with E-state index in [1.165, 1.54) is 0 Å². The zero-order valence-corrected chi connectivity index (χ0v) is 14.4. The van der Waals surface area contributed by atoms with Crippen molar-refractivity contribution in [1.29, 1.82) is 0 Å². The van der Waals surface area contributed by atoms with E-state index >= 15 is 0 Å². The number of benzene rings is 1. The minimum Gasteiger partial charge on any atom is -0.354 e. The Balaban J connectivity index is 2.70. The van der Waals surface area contributed by atoms with Gasteiger partial charge >= 0.3 is 0 Å². The van der Waals surface area contributed by atoms with Gasteiger partial charge in [0.25, 0.3) is 5.91 Å². The van der Waals surface area contributed by atoms with Gasteiger partial charge in [-0.15, -0.1) is 0 Å². The van der Waals surface area contributed by atoms with E-state index in [1.54, 1.807) is 24.3 Å². The first-order chi connectivity index (χ1) is 10.3. The number of hydrogen-bond donors (Lipinski definition) is 2. The number of amides is 2. The van der Waals surface area contributed by atoms with Crippen LogP contribution in [0.1, 0.15) is 44.5 Å². The lowest BCUT2D eigenvalue weighted by Gasteiger charge is -2.22. The van der Waals surface area contributed by atoms with Crippen LogP contribution < -0.4 is 10.6 Å². The molecule has 22 heavy (non-hydrogen) atoms. The van der Waals surface area contributed by atoms with Crippen LogP contribution in [0.5, 0.6) is 0 Å². The van der Waals surface area contributed by atoms with Crippen molar-refractivity contribution in [2.75, 3.05) is 6.54 Å². The smallest absolute Gasteiger partial charge is 0.253 e. The molecule has 2 amide bonds. The largest absolute Gasteiger partial charge is 0.354 e. The normalized spacial score (nSPS) is 12.3. The fourth-order valence-corrected chi connectivity index (χ4v) is 2.21. The van der Waals surface area contributed by atoms with E-state index in [0.29, 0.717) is 23.0 Å². The highest BCUT2D eigenvalue weighted by Crippen LogP contribution is 2.15. The van der Waals surface area contributed by atoms with Crippen molar-refractivity contribution in [2.24, 2.45) is 11.8 Å². The maximum Gasteiger partial charge on any atom is 0.253 e. The van der Waals surface area contributed by atoms with Crippen LogP contribution in [0, 0.1) is 11.8 Å². The van der Waals surface area contributed by atoms with Crippen molar-refractivity contribution in [3.05, 3.63) is 34.9 Å². The average molecular weight is 325 g/mol. The van der Waals surface area contributed by atoms with Crippen molar-refractivity contribution < 1.29 is 9.59 Å². The lowest BCUT2D eigenvalue weighted by Crippen LogP contribution is -2.50. The van der Waals surface area contributed by atoms with Crippen molar-refractivity contribution in [3.8, 4) is 0 Å². The first kappa shape index (κ1) is 18.5. The van der Waals surface area contributed by atoms with Crippen molar-refractivity contribution in [2.45, 2.75) is 40.2 Å². The SMILES string of the molecule is CC(C)CCNC(=O)C(NC(=O)c1ccccc1Cl)C(C)C. The number of carbonyl (C=O) groups is 2. The molecule has 0 bridgehead atoms. The van der Waals surface area contributed by atoms with Crippen LogP contribution >= 0.6 is 11.6 Å². The summed E-state index contributed by atoms with van der Waals surface area (Å²) in [5, 5.41) is 6.03. The molecule has 0 spiro atoms. The number of nitrogens with one attached hydrogen (secondary N) is 2. The zero-order chi connectivity index (χ0) is 16.7. The van der Waals surface area contributed by atoms with Crippen LogP contribution in [0.15, 0.2) is 24.3 Å². The van der Waals surface area contributed by atoms with Gasteiger partial charge in [-0.3, -0.25) is 9.59 Å². The Morgan fingerprint density at radius 1 is 1.14 bits per heavy atom.